The summed E-state index contributed by atoms with van der Waals surface area (Å²) in [6.07, 6.45) is 0.623. The molecule has 0 aliphatic carbocycles. The fourth-order valence-corrected chi connectivity index (χ4v) is 2.40. The maximum Gasteiger partial charge on any atom is 0.409 e. The number of carbonyl (C=O) groups excluding carboxylic acids is 1. The first-order chi connectivity index (χ1) is 8.45. The molecule has 4 nitrogen and oxygen atoms in total. The van der Waals surface area contributed by atoms with Crippen LogP contribution in [0.25, 0.3) is 0 Å². The highest BCUT2D eigenvalue weighted by atomic mass is 16.6. The first-order valence-electron chi connectivity index (χ1n) is 6.77. The SMILES string of the molecule is CC(C)COC(=O)N1CCC(C(C)C)C(C#N)C1. The molecule has 0 saturated carbocycles. The van der Waals surface area contributed by atoms with Crippen molar-refractivity contribution in [3.8, 4) is 6.07 Å². The van der Waals surface area contributed by atoms with Gasteiger partial charge in [0.05, 0.1) is 18.6 Å². The summed E-state index contributed by atoms with van der Waals surface area (Å²) in [6.45, 7) is 9.96. The van der Waals surface area contributed by atoms with Crippen LogP contribution in [0.5, 0.6) is 0 Å². The second kappa shape index (κ2) is 6.63. The van der Waals surface area contributed by atoms with E-state index >= 15 is 0 Å². The fourth-order valence-electron chi connectivity index (χ4n) is 2.40. The van der Waals surface area contributed by atoms with Crippen LogP contribution < -0.4 is 0 Å². The van der Waals surface area contributed by atoms with Crippen LogP contribution in [0.3, 0.4) is 0 Å². The molecule has 1 heterocycles. The molecule has 102 valence electrons. The lowest BCUT2D eigenvalue weighted by atomic mass is 9.79. The molecular weight excluding hydrogens is 228 g/mol. The average molecular weight is 252 g/mol. The van der Waals surface area contributed by atoms with Gasteiger partial charge in [-0.05, 0) is 24.2 Å². The molecule has 2 atom stereocenters. The molecule has 0 bridgehead atoms. The number of nitrogens with zero attached hydrogens (tertiary/aromatic N) is 2. The van der Waals surface area contributed by atoms with Crippen LogP contribution in [0.15, 0.2) is 0 Å². The van der Waals surface area contributed by atoms with E-state index in [1.165, 1.54) is 0 Å². The lowest BCUT2D eigenvalue weighted by Gasteiger charge is -2.36. The molecule has 1 saturated heterocycles. The standard InChI is InChI=1S/C14H24N2O2/c1-10(2)9-18-14(17)16-6-5-13(11(3)4)12(7-15)8-16/h10-13H,5-6,8-9H2,1-4H3. The lowest BCUT2D eigenvalue weighted by molar-refractivity contribution is 0.0637. The van der Waals surface area contributed by atoms with Crippen molar-refractivity contribution in [3.63, 3.8) is 0 Å². The van der Waals surface area contributed by atoms with E-state index in [9.17, 15) is 10.1 Å². The van der Waals surface area contributed by atoms with E-state index in [1.54, 1.807) is 4.90 Å². The molecule has 1 aliphatic heterocycles. The molecule has 1 amide bonds. The largest absolute Gasteiger partial charge is 0.449 e. The molecule has 0 spiro atoms. The maximum absolute atomic E-state index is 11.8. The quantitative estimate of drug-likeness (QED) is 0.776. The Morgan fingerprint density at radius 3 is 2.61 bits per heavy atom. The average Bonchev–Trinajstić information content (AvgIpc) is 2.34. The molecule has 0 aromatic heterocycles. The van der Waals surface area contributed by atoms with Gasteiger partial charge < -0.3 is 9.64 Å². The Labute approximate surface area is 110 Å². The molecule has 1 fully saturated rings. The van der Waals surface area contributed by atoms with Crippen molar-refractivity contribution in [2.24, 2.45) is 23.7 Å². The fraction of sp³-hybridized carbons (Fsp3) is 0.857. The van der Waals surface area contributed by atoms with E-state index in [-0.39, 0.29) is 12.0 Å². The van der Waals surface area contributed by atoms with Gasteiger partial charge in [-0.15, -0.1) is 0 Å². The Morgan fingerprint density at radius 2 is 2.11 bits per heavy atom. The van der Waals surface area contributed by atoms with Gasteiger partial charge in [0.25, 0.3) is 0 Å². The van der Waals surface area contributed by atoms with Crippen molar-refractivity contribution < 1.29 is 9.53 Å². The van der Waals surface area contributed by atoms with E-state index in [2.05, 4.69) is 19.9 Å². The van der Waals surface area contributed by atoms with Crippen LogP contribution in [0, 0.1) is 35.0 Å². The third-order valence-corrected chi connectivity index (χ3v) is 3.49. The number of hydrogen-bond donors (Lipinski definition) is 0. The molecule has 4 heteroatoms. The highest BCUT2D eigenvalue weighted by Crippen LogP contribution is 2.29. The maximum atomic E-state index is 11.8. The third-order valence-electron chi connectivity index (χ3n) is 3.49. The molecule has 18 heavy (non-hydrogen) atoms. The molecule has 1 rings (SSSR count). The van der Waals surface area contributed by atoms with Crippen molar-refractivity contribution in [1.29, 1.82) is 5.26 Å². The van der Waals surface area contributed by atoms with Crippen molar-refractivity contribution in [2.75, 3.05) is 19.7 Å². The summed E-state index contributed by atoms with van der Waals surface area (Å²) < 4.78 is 5.21. The zero-order chi connectivity index (χ0) is 13.7. The number of likely N-dealkylation sites (tertiary alicyclic amines) is 1. The third kappa shape index (κ3) is 3.90. The Balaban J connectivity index is 2.52. The second-order valence-electron chi connectivity index (χ2n) is 5.85. The molecular formula is C14H24N2O2. The molecule has 0 N–H and O–H groups in total. The van der Waals surface area contributed by atoms with E-state index < -0.39 is 0 Å². The Hall–Kier alpha value is -1.24. The first kappa shape index (κ1) is 14.8. The Kier molecular flexibility index (Phi) is 5.46. The van der Waals surface area contributed by atoms with Crippen molar-refractivity contribution in [1.82, 2.24) is 4.90 Å². The van der Waals surface area contributed by atoms with Gasteiger partial charge in [-0.25, -0.2) is 4.79 Å². The minimum atomic E-state index is -0.272. The molecule has 1 aliphatic rings. The molecule has 0 aromatic rings. The number of rotatable bonds is 3. The zero-order valence-electron chi connectivity index (χ0n) is 11.8. The normalized spacial score (nSPS) is 24.2. The number of hydrogen-bond acceptors (Lipinski definition) is 3. The van der Waals surface area contributed by atoms with Crippen LogP contribution in [-0.2, 0) is 4.74 Å². The van der Waals surface area contributed by atoms with Gasteiger partial charge in [0, 0.05) is 13.1 Å². The van der Waals surface area contributed by atoms with E-state index in [0.717, 1.165) is 6.42 Å². The van der Waals surface area contributed by atoms with Crippen molar-refractivity contribution in [3.05, 3.63) is 0 Å². The van der Waals surface area contributed by atoms with Crippen LogP contribution in [0.1, 0.15) is 34.1 Å². The van der Waals surface area contributed by atoms with Crippen molar-refractivity contribution in [2.45, 2.75) is 34.1 Å². The molecule has 0 radical (unpaired) electrons. The van der Waals surface area contributed by atoms with E-state index in [4.69, 9.17) is 4.74 Å². The highest BCUT2D eigenvalue weighted by Gasteiger charge is 2.33. The minimum Gasteiger partial charge on any atom is -0.449 e. The van der Waals surface area contributed by atoms with Gasteiger partial charge >= 0.3 is 6.09 Å². The summed E-state index contributed by atoms with van der Waals surface area (Å²) in [7, 11) is 0. The summed E-state index contributed by atoms with van der Waals surface area (Å²) >= 11 is 0. The second-order valence-corrected chi connectivity index (χ2v) is 5.85. The number of amides is 1. The van der Waals surface area contributed by atoms with Crippen LogP contribution in [-0.4, -0.2) is 30.7 Å². The zero-order valence-corrected chi connectivity index (χ0v) is 11.8. The smallest absolute Gasteiger partial charge is 0.409 e. The summed E-state index contributed by atoms with van der Waals surface area (Å²) in [4.78, 5) is 13.5. The van der Waals surface area contributed by atoms with Gasteiger partial charge in [0.15, 0.2) is 0 Å². The summed E-state index contributed by atoms with van der Waals surface area (Å²) in [6, 6.07) is 2.34. The summed E-state index contributed by atoms with van der Waals surface area (Å²) in [5.41, 5.74) is 0. The minimum absolute atomic E-state index is 0.0645. The Bertz CT molecular complexity index is 320. The van der Waals surface area contributed by atoms with E-state index in [0.29, 0.717) is 37.5 Å². The number of ether oxygens (including phenoxy) is 1. The van der Waals surface area contributed by atoms with Crippen LogP contribution in [0.4, 0.5) is 4.79 Å². The summed E-state index contributed by atoms with van der Waals surface area (Å²) in [5, 5.41) is 9.20. The monoisotopic (exact) mass is 252 g/mol. The highest BCUT2D eigenvalue weighted by molar-refractivity contribution is 5.67. The molecule has 0 aromatic carbocycles. The van der Waals surface area contributed by atoms with Gasteiger partial charge in [-0.3, -0.25) is 0 Å². The molecule has 2 unspecified atom stereocenters. The topological polar surface area (TPSA) is 53.3 Å². The van der Waals surface area contributed by atoms with Crippen LogP contribution in [0.2, 0.25) is 0 Å². The first-order valence-corrected chi connectivity index (χ1v) is 6.77. The number of carbonyl (C=O) groups is 1. The number of piperidine rings is 1. The van der Waals surface area contributed by atoms with Gasteiger partial charge in [-0.2, -0.15) is 5.26 Å². The summed E-state index contributed by atoms with van der Waals surface area (Å²) in [5.74, 6) is 1.16. The lowest BCUT2D eigenvalue weighted by Crippen LogP contribution is -2.45. The van der Waals surface area contributed by atoms with Gasteiger partial charge in [-0.1, -0.05) is 27.7 Å². The Morgan fingerprint density at radius 1 is 1.44 bits per heavy atom. The predicted octanol–water partition coefficient (Wildman–Crippen LogP) is 2.90. The van der Waals surface area contributed by atoms with E-state index in [1.807, 2.05) is 13.8 Å². The van der Waals surface area contributed by atoms with Crippen LogP contribution >= 0.6 is 0 Å². The number of nitriles is 1. The van der Waals surface area contributed by atoms with Crippen molar-refractivity contribution >= 4 is 6.09 Å². The van der Waals surface area contributed by atoms with Gasteiger partial charge in [0.2, 0.25) is 0 Å². The van der Waals surface area contributed by atoms with Gasteiger partial charge in [0.1, 0.15) is 0 Å². The predicted molar refractivity (Wildman–Crippen MR) is 69.8 cm³/mol.